The van der Waals surface area contributed by atoms with E-state index in [1.807, 2.05) is 6.07 Å². The van der Waals surface area contributed by atoms with Gasteiger partial charge >= 0.3 is 6.18 Å². The van der Waals surface area contributed by atoms with E-state index < -0.39 is 17.6 Å². The van der Waals surface area contributed by atoms with Crippen LogP contribution in [0, 0.1) is 18.3 Å². The maximum Gasteiger partial charge on any atom is 0.416 e. The number of halogens is 3. The summed E-state index contributed by atoms with van der Waals surface area (Å²) in [6.07, 6.45) is -4.48. The molecule has 0 bridgehead atoms. The summed E-state index contributed by atoms with van der Waals surface area (Å²) in [6, 6.07) is 14.4. The molecule has 0 spiro atoms. The number of rotatable bonds is 4. The van der Waals surface area contributed by atoms with Crippen LogP contribution in [0.25, 0.3) is 0 Å². The molecule has 0 unspecified atom stereocenters. The van der Waals surface area contributed by atoms with Crippen LogP contribution in [0.2, 0.25) is 0 Å². The fourth-order valence-electron chi connectivity index (χ4n) is 2.52. The molecule has 2 aromatic carbocycles. The van der Waals surface area contributed by atoms with Crippen molar-refractivity contribution in [1.29, 1.82) is 5.26 Å². The molecule has 3 aromatic rings. The second kappa shape index (κ2) is 7.98. The molecule has 0 saturated heterocycles. The average Bonchev–Trinajstić information content (AvgIpc) is 2.67. The summed E-state index contributed by atoms with van der Waals surface area (Å²) in [5, 5.41) is 14.4. The van der Waals surface area contributed by atoms with Gasteiger partial charge in [0.1, 0.15) is 11.8 Å². The number of amides is 1. The highest BCUT2D eigenvalue weighted by atomic mass is 19.4. The molecule has 9 heteroatoms. The maximum atomic E-state index is 12.9. The van der Waals surface area contributed by atoms with E-state index in [0.29, 0.717) is 11.4 Å². The second-order valence-electron chi connectivity index (χ2n) is 6.03. The molecule has 1 amide bonds. The third-order valence-corrected chi connectivity index (χ3v) is 3.83. The zero-order valence-electron chi connectivity index (χ0n) is 15.1. The predicted octanol–water partition coefficient (Wildman–Crippen LogP) is 4.67. The molecular formula is C20H14F3N5O. The summed E-state index contributed by atoms with van der Waals surface area (Å²) in [5.41, 5.74) is 0.360. The Morgan fingerprint density at radius 3 is 2.55 bits per heavy atom. The predicted molar refractivity (Wildman–Crippen MR) is 101 cm³/mol. The van der Waals surface area contributed by atoms with E-state index in [1.165, 1.54) is 18.2 Å². The van der Waals surface area contributed by atoms with E-state index >= 15 is 0 Å². The molecule has 0 atom stereocenters. The Labute approximate surface area is 164 Å². The van der Waals surface area contributed by atoms with Crippen LogP contribution in [0.4, 0.5) is 30.5 Å². The Hall–Kier alpha value is -3.93. The number of anilines is 3. The van der Waals surface area contributed by atoms with Gasteiger partial charge in [0.05, 0.1) is 16.8 Å². The minimum atomic E-state index is -4.48. The van der Waals surface area contributed by atoms with Crippen LogP contribution in [-0.4, -0.2) is 15.9 Å². The Morgan fingerprint density at radius 2 is 1.83 bits per heavy atom. The number of hydrogen-bond acceptors (Lipinski definition) is 5. The standard InChI is InChI=1S/C20H14F3N5O/c1-12-9-17(18(29)27-16-8-3-2-5-13(16)11-24)28-19(25-12)26-15-7-4-6-14(10-15)20(21,22)23/h2-10H,1H3,(H,27,29)(H,25,26,28). The number of benzene rings is 2. The number of aromatic nitrogens is 2. The Bertz CT molecular complexity index is 1110. The first-order valence-electron chi connectivity index (χ1n) is 8.37. The number of aryl methyl sites for hydroxylation is 1. The van der Waals surface area contributed by atoms with E-state index in [4.69, 9.17) is 5.26 Å². The van der Waals surface area contributed by atoms with Gasteiger partial charge in [-0.05, 0) is 43.3 Å². The van der Waals surface area contributed by atoms with Crippen molar-refractivity contribution in [1.82, 2.24) is 9.97 Å². The fraction of sp³-hybridized carbons (Fsp3) is 0.100. The van der Waals surface area contributed by atoms with Crippen LogP contribution < -0.4 is 10.6 Å². The summed E-state index contributed by atoms with van der Waals surface area (Å²) in [5.74, 6) is -0.603. The van der Waals surface area contributed by atoms with E-state index in [9.17, 15) is 18.0 Å². The highest BCUT2D eigenvalue weighted by molar-refractivity contribution is 6.03. The van der Waals surface area contributed by atoms with Crippen LogP contribution in [-0.2, 0) is 6.18 Å². The van der Waals surface area contributed by atoms with Gasteiger partial charge in [-0.25, -0.2) is 9.97 Å². The van der Waals surface area contributed by atoms with Gasteiger partial charge in [0.15, 0.2) is 0 Å². The van der Waals surface area contributed by atoms with E-state index in [2.05, 4.69) is 20.6 Å². The minimum absolute atomic E-state index is 0.000260. The largest absolute Gasteiger partial charge is 0.416 e. The molecule has 2 N–H and O–H groups in total. The van der Waals surface area contributed by atoms with Gasteiger partial charge in [-0.3, -0.25) is 4.79 Å². The molecule has 3 rings (SSSR count). The van der Waals surface area contributed by atoms with Gasteiger partial charge in [-0.15, -0.1) is 0 Å². The van der Waals surface area contributed by atoms with Gasteiger partial charge in [0, 0.05) is 11.4 Å². The number of para-hydroxylation sites is 1. The lowest BCUT2D eigenvalue weighted by Crippen LogP contribution is -2.16. The third kappa shape index (κ3) is 4.87. The highest BCUT2D eigenvalue weighted by Crippen LogP contribution is 2.31. The Kier molecular flexibility index (Phi) is 5.45. The summed E-state index contributed by atoms with van der Waals surface area (Å²) in [4.78, 5) is 20.7. The first-order chi connectivity index (χ1) is 13.8. The molecular weight excluding hydrogens is 383 g/mol. The van der Waals surface area contributed by atoms with E-state index in [-0.39, 0.29) is 22.9 Å². The number of carbonyl (C=O) groups is 1. The second-order valence-corrected chi connectivity index (χ2v) is 6.03. The molecule has 29 heavy (non-hydrogen) atoms. The summed E-state index contributed by atoms with van der Waals surface area (Å²) < 4.78 is 38.6. The lowest BCUT2D eigenvalue weighted by atomic mass is 10.2. The van der Waals surface area contributed by atoms with Gasteiger partial charge in [0.2, 0.25) is 5.95 Å². The normalized spacial score (nSPS) is 10.9. The summed E-state index contributed by atoms with van der Waals surface area (Å²) in [7, 11) is 0. The topological polar surface area (TPSA) is 90.7 Å². The lowest BCUT2D eigenvalue weighted by Gasteiger charge is -2.11. The highest BCUT2D eigenvalue weighted by Gasteiger charge is 2.30. The molecule has 0 saturated carbocycles. The van der Waals surface area contributed by atoms with Gasteiger partial charge in [-0.1, -0.05) is 18.2 Å². The third-order valence-electron chi connectivity index (χ3n) is 3.83. The monoisotopic (exact) mass is 397 g/mol. The van der Waals surface area contributed by atoms with Crippen molar-refractivity contribution in [2.45, 2.75) is 13.1 Å². The van der Waals surface area contributed by atoms with Crippen molar-refractivity contribution < 1.29 is 18.0 Å². The molecule has 1 heterocycles. The number of nitrogens with zero attached hydrogens (tertiary/aromatic N) is 3. The number of alkyl halides is 3. The molecule has 0 aliphatic heterocycles. The van der Waals surface area contributed by atoms with Crippen LogP contribution in [0.5, 0.6) is 0 Å². The van der Waals surface area contributed by atoms with E-state index in [1.54, 1.807) is 31.2 Å². The number of nitriles is 1. The molecule has 0 aliphatic rings. The zero-order valence-corrected chi connectivity index (χ0v) is 15.1. The van der Waals surface area contributed by atoms with Crippen molar-refractivity contribution in [2.24, 2.45) is 0 Å². The summed E-state index contributed by atoms with van der Waals surface area (Å²) in [6.45, 7) is 1.62. The first-order valence-corrected chi connectivity index (χ1v) is 8.37. The Morgan fingerprint density at radius 1 is 1.07 bits per heavy atom. The SMILES string of the molecule is Cc1cc(C(=O)Nc2ccccc2C#N)nc(Nc2cccc(C(F)(F)F)c2)n1. The van der Waals surface area contributed by atoms with Gasteiger partial charge in [0.25, 0.3) is 5.91 Å². The lowest BCUT2D eigenvalue weighted by molar-refractivity contribution is -0.137. The molecule has 6 nitrogen and oxygen atoms in total. The molecule has 146 valence electrons. The smallest absolute Gasteiger partial charge is 0.324 e. The molecule has 1 aromatic heterocycles. The van der Waals surface area contributed by atoms with Crippen molar-refractivity contribution in [3.8, 4) is 6.07 Å². The van der Waals surface area contributed by atoms with Crippen molar-refractivity contribution >= 4 is 23.2 Å². The maximum absolute atomic E-state index is 12.9. The van der Waals surface area contributed by atoms with E-state index in [0.717, 1.165) is 12.1 Å². The number of hydrogen-bond donors (Lipinski definition) is 2. The van der Waals surface area contributed by atoms with Crippen molar-refractivity contribution in [3.63, 3.8) is 0 Å². The fourth-order valence-corrected chi connectivity index (χ4v) is 2.52. The molecule has 0 radical (unpaired) electrons. The number of carbonyl (C=O) groups excluding carboxylic acids is 1. The van der Waals surface area contributed by atoms with Crippen LogP contribution in [0.3, 0.4) is 0 Å². The van der Waals surface area contributed by atoms with Gasteiger partial charge < -0.3 is 10.6 Å². The van der Waals surface area contributed by atoms with Crippen molar-refractivity contribution in [2.75, 3.05) is 10.6 Å². The summed E-state index contributed by atoms with van der Waals surface area (Å²) >= 11 is 0. The van der Waals surface area contributed by atoms with Crippen LogP contribution in [0.15, 0.2) is 54.6 Å². The average molecular weight is 397 g/mol. The Balaban J connectivity index is 1.85. The number of nitrogens with one attached hydrogen (secondary N) is 2. The molecule has 0 fully saturated rings. The molecule has 0 aliphatic carbocycles. The zero-order chi connectivity index (χ0) is 21.0. The van der Waals surface area contributed by atoms with Crippen LogP contribution >= 0.6 is 0 Å². The van der Waals surface area contributed by atoms with Gasteiger partial charge in [-0.2, -0.15) is 18.4 Å². The van der Waals surface area contributed by atoms with Crippen molar-refractivity contribution in [3.05, 3.63) is 77.1 Å². The quantitative estimate of drug-likeness (QED) is 0.668. The van der Waals surface area contributed by atoms with Crippen LogP contribution in [0.1, 0.15) is 27.3 Å². The first kappa shape index (κ1) is 19.8. The minimum Gasteiger partial charge on any atom is -0.324 e.